The van der Waals surface area contributed by atoms with Gasteiger partial charge in [-0.1, -0.05) is 13.0 Å². The molecule has 1 aromatic rings. The summed E-state index contributed by atoms with van der Waals surface area (Å²) < 4.78 is 11.1. The Morgan fingerprint density at radius 3 is 2.75 bits per heavy atom. The van der Waals surface area contributed by atoms with E-state index in [0.29, 0.717) is 19.1 Å². The maximum absolute atomic E-state index is 5.57. The van der Waals surface area contributed by atoms with Crippen LogP contribution in [0, 0.1) is 0 Å². The molecule has 16 heavy (non-hydrogen) atoms. The maximum Gasteiger partial charge on any atom is 0.161 e. The van der Waals surface area contributed by atoms with Crippen molar-refractivity contribution in [2.45, 2.75) is 25.7 Å². The molecule has 3 nitrogen and oxygen atoms in total. The Balaban J connectivity index is 2.10. The van der Waals surface area contributed by atoms with E-state index in [1.165, 1.54) is 5.56 Å². The van der Waals surface area contributed by atoms with Crippen molar-refractivity contribution >= 4 is 0 Å². The zero-order valence-electron chi connectivity index (χ0n) is 9.74. The molecule has 3 heteroatoms. The molecule has 88 valence electrons. The standard InChI is InChI=1S/C13H19NO2/c1-10(3-2-6-14)11-4-5-12-13(9-11)16-8-7-15-12/h4-5,9-10H,2-3,6-8,14H2,1H3. The van der Waals surface area contributed by atoms with Crippen molar-refractivity contribution in [1.29, 1.82) is 0 Å². The van der Waals surface area contributed by atoms with Crippen LogP contribution in [-0.4, -0.2) is 19.8 Å². The van der Waals surface area contributed by atoms with Crippen molar-refractivity contribution in [3.05, 3.63) is 23.8 Å². The molecule has 0 fully saturated rings. The molecule has 0 spiro atoms. The quantitative estimate of drug-likeness (QED) is 0.848. The minimum Gasteiger partial charge on any atom is -0.486 e. The van der Waals surface area contributed by atoms with Crippen molar-refractivity contribution < 1.29 is 9.47 Å². The fraction of sp³-hybridized carbons (Fsp3) is 0.538. The van der Waals surface area contributed by atoms with Gasteiger partial charge in [0, 0.05) is 0 Å². The first-order valence-electron chi connectivity index (χ1n) is 5.91. The topological polar surface area (TPSA) is 44.5 Å². The van der Waals surface area contributed by atoms with E-state index in [1.54, 1.807) is 0 Å². The number of rotatable bonds is 4. The van der Waals surface area contributed by atoms with Crippen molar-refractivity contribution in [2.75, 3.05) is 19.8 Å². The molecule has 2 rings (SSSR count). The minimum absolute atomic E-state index is 0.527. The molecule has 1 aliphatic rings. The average molecular weight is 221 g/mol. The molecule has 1 aromatic carbocycles. The normalized spacial score (nSPS) is 15.9. The van der Waals surface area contributed by atoms with Gasteiger partial charge in [-0.3, -0.25) is 0 Å². The van der Waals surface area contributed by atoms with Crippen LogP contribution < -0.4 is 15.2 Å². The second-order valence-corrected chi connectivity index (χ2v) is 4.24. The highest BCUT2D eigenvalue weighted by Gasteiger charge is 2.14. The fourth-order valence-electron chi connectivity index (χ4n) is 1.96. The van der Waals surface area contributed by atoms with Crippen LogP contribution in [0.2, 0.25) is 0 Å². The largest absolute Gasteiger partial charge is 0.486 e. The third-order valence-corrected chi connectivity index (χ3v) is 2.98. The van der Waals surface area contributed by atoms with Gasteiger partial charge in [0.15, 0.2) is 11.5 Å². The molecule has 2 N–H and O–H groups in total. The Morgan fingerprint density at radius 2 is 2.00 bits per heavy atom. The molecule has 0 aromatic heterocycles. The van der Waals surface area contributed by atoms with Gasteiger partial charge in [0.05, 0.1) is 0 Å². The SMILES string of the molecule is CC(CCCN)c1ccc2c(c1)OCCO2. The lowest BCUT2D eigenvalue weighted by Gasteiger charge is -2.20. The molecule has 1 unspecified atom stereocenters. The predicted octanol–water partition coefficient (Wildman–Crippen LogP) is 2.30. The number of hydrogen-bond acceptors (Lipinski definition) is 3. The van der Waals surface area contributed by atoms with E-state index in [0.717, 1.165) is 30.9 Å². The van der Waals surface area contributed by atoms with E-state index in [2.05, 4.69) is 19.1 Å². The van der Waals surface area contributed by atoms with Gasteiger partial charge < -0.3 is 15.2 Å². The number of nitrogens with two attached hydrogens (primary N) is 1. The van der Waals surface area contributed by atoms with Crippen molar-refractivity contribution in [3.63, 3.8) is 0 Å². The molecule has 1 atom stereocenters. The third-order valence-electron chi connectivity index (χ3n) is 2.98. The van der Waals surface area contributed by atoms with Gasteiger partial charge in [-0.2, -0.15) is 0 Å². The van der Waals surface area contributed by atoms with E-state index < -0.39 is 0 Å². The Kier molecular flexibility index (Phi) is 3.67. The highest BCUT2D eigenvalue weighted by molar-refractivity contribution is 5.44. The lowest BCUT2D eigenvalue weighted by Crippen LogP contribution is -2.15. The second-order valence-electron chi connectivity index (χ2n) is 4.24. The number of benzene rings is 1. The molecule has 0 saturated heterocycles. The first kappa shape index (κ1) is 11.3. The van der Waals surface area contributed by atoms with Crippen LogP contribution in [0.15, 0.2) is 18.2 Å². The Bertz CT molecular complexity index is 352. The Morgan fingerprint density at radius 1 is 1.25 bits per heavy atom. The number of ether oxygens (including phenoxy) is 2. The van der Waals surface area contributed by atoms with E-state index in [-0.39, 0.29) is 0 Å². The molecule has 0 bridgehead atoms. The molecule has 0 saturated carbocycles. The van der Waals surface area contributed by atoms with Gasteiger partial charge in [-0.25, -0.2) is 0 Å². The predicted molar refractivity (Wildman–Crippen MR) is 64.1 cm³/mol. The molecule has 0 aliphatic carbocycles. The van der Waals surface area contributed by atoms with Crippen LogP contribution >= 0.6 is 0 Å². The zero-order chi connectivity index (χ0) is 11.4. The van der Waals surface area contributed by atoms with Crippen LogP contribution in [-0.2, 0) is 0 Å². The smallest absolute Gasteiger partial charge is 0.161 e. The summed E-state index contributed by atoms with van der Waals surface area (Å²) in [4.78, 5) is 0. The monoisotopic (exact) mass is 221 g/mol. The van der Waals surface area contributed by atoms with Crippen molar-refractivity contribution in [1.82, 2.24) is 0 Å². The van der Waals surface area contributed by atoms with Crippen LogP contribution in [0.3, 0.4) is 0 Å². The summed E-state index contributed by atoms with van der Waals surface area (Å²) in [5.41, 5.74) is 6.82. The molecule has 0 amide bonds. The molecule has 1 heterocycles. The fourth-order valence-corrected chi connectivity index (χ4v) is 1.96. The van der Waals surface area contributed by atoms with Crippen LogP contribution in [0.1, 0.15) is 31.2 Å². The van der Waals surface area contributed by atoms with E-state index in [1.807, 2.05) is 6.07 Å². The van der Waals surface area contributed by atoms with Gasteiger partial charge in [0.25, 0.3) is 0 Å². The average Bonchev–Trinajstić information content (AvgIpc) is 2.35. The highest BCUT2D eigenvalue weighted by atomic mass is 16.6. The molecular weight excluding hydrogens is 202 g/mol. The van der Waals surface area contributed by atoms with Crippen LogP contribution in [0.4, 0.5) is 0 Å². The third kappa shape index (κ3) is 2.47. The minimum atomic E-state index is 0.527. The molecular formula is C13H19NO2. The van der Waals surface area contributed by atoms with E-state index in [9.17, 15) is 0 Å². The summed E-state index contributed by atoms with van der Waals surface area (Å²) in [6.45, 7) is 4.28. The summed E-state index contributed by atoms with van der Waals surface area (Å²) in [5.74, 6) is 2.27. The van der Waals surface area contributed by atoms with Gasteiger partial charge in [0.1, 0.15) is 13.2 Å². The summed E-state index contributed by atoms with van der Waals surface area (Å²) in [6.07, 6.45) is 2.19. The number of fused-ring (bicyclic) bond motifs is 1. The van der Waals surface area contributed by atoms with E-state index in [4.69, 9.17) is 15.2 Å². The lowest BCUT2D eigenvalue weighted by atomic mass is 9.96. The summed E-state index contributed by atoms with van der Waals surface area (Å²) in [5, 5.41) is 0. The zero-order valence-corrected chi connectivity index (χ0v) is 9.74. The van der Waals surface area contributed by atoms with E-state index >= 15 is 0 Å². The number of hydrogen-bond donors (Lipinski definition) is 1. The van der Waals surface area contributed by atoms with Crippen molar-refractivity contribution in [2.24, 2.45) is 5.73 Å². The first-order chi connectivity index (χ1) is 7.81. The summed E-state index contributed by atoms with van der Waals surface area (Å²) in [7, 11) is 0. The molecule has 1 aliphatic heterocycles. The van der Waals surface area contributed by atoms with Gasteiger partial charge in [-0.15, -0.1) is 0 Å². The van der Waals surface area contributed by atoms with Gasteiger partial charge in [0.2, 0.25) is 0 Å². The van der Waals surface area contributed by atoms with Crippen molar-refractivity contribution in [3.8, 4) is 11.5 Å². The summed E-state index contributed by atoms with van der Waals surface area (Å²) >= 11 is 0. The van der Waals surface area contributed by atoms with Gasteiger partial charge in [-0.05, 0) is 43.0 Å². The van der Waals surface area contributed by atoms with Crippen LogP contribution in [0.25, 0.3) is 0 Å². The van der Waals surface area contributed by atoms with Crippen LogP contribution in [0.5, 0.6) is 11.5 Å². The highest BCUT2D eigenvalue weighted by Crippen LogP contribution is 2.33. The molecule has 0 radical (unpaired) electrons. The Hall–Kier alpha value is -1.22. The first-order valence-corrected chi connectivity index (χ1v) is 5.91. The maximum atomic E-state index is 5.57. The Labute approximate surface area is 96.5 Å². The summed E-state index contributed by atoms with van der Waals surface area (Å²) in [6, 6.07) is 6.22. The second kappa shape index (κ2) is 5.21. The van der Waals surface area contributed by atoms with Gasteiger partial charge >= 0.3 is 0 Å². The lowest BCUT2D eigenvalue weighted by molar-refractivity contribution is 0.171.